The minimum absolute atomic E-state index is 0.104. The minimum atomic E-state index is -0.835. The molecule has 2 aromatic rings. The average Bonchev–Trinajstić information content (AvgIpc) is 2.93. The molecular formula is C24H29N3O4. The number of carbonyl (C=O) groups excluding carboxylic acids is 3. The molecule has 0 radical (unpaired) electrons. The highest BCUT2D eigenvalue weighted by Gasteiger charge is 2.46. The second-order valence-electron chi connectivity index (χ2n) is 8.07. The van der Waals surface area contributed by atoms with Gasteiger partial charge in [-0.1, -0.05) is 26.0 Å². The molecule has 1 saturated heterocycles. The van der Waals surface area contributed by atoms with Crippen molar-refractivity contribution in [3.63, 3.8) is 0 Å². The molecule has 164 valence electrons. The fourth-order valence-electron chi connectivity index (χ4n) is 3.63. The lowest BCUT2D eigenvalue weighted by Crippen LogP contribution is -2.40. The number of imide groups is 1. The Kier molecular flexibility index (Phi) is 6.95. The van der Waals surface area contributed by atoms with Crippen LogP contribution >= 0.6 is 0 Å². The van der Waals surface area contributed by atoms with E-state index in [2.05, 4.69) is 5.32 Å². The summed E-state index contributed by atoms with van der Waals surface area (Å²) in [6.07, 6.45) is -0.104. The van der Waals surface area contributed by atoms with Crippen molar-refractivity contribution in [1.29, 1.82) is 0 Å². The van der Waals surface area contributed by atoms with Gasteiger partial charge in [-0.3, -0.25) is 9.59 Å². The van der Waals surface area contributed by atoms with Crippen LogP contribution < -0.4 is 15.0 Å². The SMILES string of the molecule is CCOc1ccc(NC(=O)CC2C(=O)N(c3cccc(C)c3)C(=O)N2CC(C)C)cc1. The summed E-state index contributed by atoms with van der Waals surface area (Å²) in [5.74, 6) is 0.174. The van der Waals surface area contributed by atoms with Gasteiger partial charge in [0.25, 0.3) is 5.91 Å². The zero-order valence-electron chi connectivity index (χ0n) is 18.4. The summed E-state index contributed by atoms with van der Waals surface area (Å²) in [6.45, 7) is 8.72. The van der Waals surface area contributed by atoms with E-state index in [1.165, 1.54) is 9.80 Å². The molecule has 1 N–H and O–H groups in total. The average molecular weight is 424 g/mol. The Morgan fingerprint density at radius 3 is 2.45 bits per heavy atom. The monoisotopic (exact) mass is 423 g/mol. The fraction of sp³-hybridized carbons (Fsp3) is 0.375. The molecule has 31 heavy (non-hydrogen) atoms. The van der Waals surface area contributed by atoms with Crippen molar-refractivity contribution in [3.8, 4) is 5.75 Å². The van der Waals surface area contributed by atoms with E-state index in [-0.39, 0.29) is 30.2 Å². The number of nitrogens with zero attached hydrogens (tertiary/aromatic N) is 2. The van der Waals surface area contributed by atoms with Gasteiger partial charge in [0.15, 0.2) is 0 Å². The normalized spacial score (nSPS) is 16.2. The third-order valence-corrected chi connectivity index (χ3v) is 4.97. The van der Waals surface area contributed by atoms with Gasteiger partial charge in [0.05, 0.1) is 18.7 Å². The second kappa shape index (κ2) is 9.64. The van der Waals surface area contributed by atoms with Gasteiger partial charge in [-0.2, -0.15) is 0 Å². The van der Waals surface area contributed by atoms with Crippen LogP contribution in [0.2, 0.25) is 0 Å². The third-order valence-electron chi connectivity index (χ3n) is 4.97. The first-order valence-corrected chi connectivity index (χ1v) is 10.5. The van der Waals surface area contributed by atoms with E-state index < -0.39 is 6.04 Å². The number of aryl methyl sites for hydroxylation is 1. The summed E-state index contributed by atoms with van der Waals surface area (Å²) in [7, 11) is 0. The molecule has 0 aromatic heterocycles. The van der Waals surface area contributed by atoms with E-state index in [9.17, 15) is 14.4 Å². The van der Waals surface area contributed by atoms with Crippen molar-refractivity contribution in [2.24, 2.45) is 5.92 Å². The van der Waals surface area contributed by atoms with E-state index >= 15 is 0 Å². The molecule has 1 unspecified atom stereocenters. The van der Waals surface area contributed by atoms with E-state index in [4.69, 9.17) is 4.74 Å². The van der Waals surface area contributed by atoms with Crippen molar-refractivity contribution in [3.05, 3.63) is 54.1 Å². The number of anilines is 2. The maximum absolute atomic E-state index is 13.2. The van der Waals surface area contributed by atoms with Crippen molar-refractivity contribution < 1.29 is 19.1 Å². The van der Waals surface area contributed by atoms with Gasteiger partial charge >= 0.3 is 6.03 Å². The van der Waals surface area contributed by atoms with E-state index in [0.717, 1.165) is 5.56 Å². The van der Waals surface area contributed by atoms with Crippen LogP contribution in [0.4, 0.5) is 16.2 Å². The molecule has 0 aliphatic carbocycles. The van der Waals surface area contributed by atoms with Crippen LogP contribution in [0.3, 0.4) is 0 Å². The van der Waals surface area contributed by atoms with Crippen LogP contribution in [0.1, 0.15) is 32.8 Å². The standard InChI is InChI=1S/C24H29N3O4/c1-5-31-20-11-9-18(10-12-20)25-22(28)14-21-23(29)27(19-8-6-7-17(4)13-19)24(30)26(21)15-16(2)3/h6-13,16,21H,5,14-15H2,1-4H3,(H,25,28). The van der Waals surface area contributed by atoms with Crippen LogP contribution in [0.25, 0.3) is 0 Å². The zero-order chi connectivity index (χ0) is 22.5. The Morgan fingerprint density at radius 1 is 1.13 bits per heavy atom. The lowest BCUT2D eigenvalue weighted by molar-refractivity contribution is -0.124. The number of urea groups is 1. The molecule has 0 bridgehead atoms. The van der Waals surface area contributed by atoms with Gasteiger partial charge in [-0.15, -0.1) is 0 Å². The van der Waals surface area contributed by atoms with Crippen LogP contribution in [0, 0.1) is 12.8 Å². The van der Waals surface area contributed by atoms with Gasteiger partial charge in [0.1, 0.15) is 11.8 Å². The van der Waals surface area contributed by atoms with Crippen LogP contribution in [-0.2, 0) is 9.59 Å². The molecule has 1 atom stereocenters. The predicted molar refractivity (Wildman–Crippen MR) is 120 cm³/mol. The molecule has 4 amide bonds. The molecular weight excluding hydrogens is 394 g/mol. The minimum Gasteiger partial charge on any atom is -0.494 e. The number of hydrogen-bond donors (Lipinski definition) is 1. The second-order valence-corrected chi connectivity index (χ2v) is 8.07. The summed E-state index contributed by atoms with van der Waals surface area (Å²) >= 11 is 0. The Balaban J connectivity index is 1.77. The summed E-state index contributed by atoms with van der Waals surface area (Å²) in [5.41, 5.74) is 2.08. The molecule has 1 aliphatic rings. The summed E-state index contributed by atoms with van der Waals surface area (Å²) < 4.78 is 5.41. The van der Waals surface area contributed by atoms with Gasteiger partial charge in [0, 0.05) is 12.2 Å². The fourth-order valence-corrected chi connectivity index (χ4v) is 3.63. The molecule has 1 heterocycles. The molecule has 1 fully saturated rings. The summed E-state index contributed by atoms with van der Waals surface area (Å²) in [5, 5.41) is 2.81. The molecule has 1 aliphatic heterocycles. The maximum atomic E-state index is 13.2. The number of amides is 4. The first kappa shape index (κ1) is 22.3. The maximum Gasteiger partial charge on any atom is 0.332 e. The Hall–Kier alpha value is -3.35. The van der Waals surface area contributed by atoms with Crippen molar-refractivity contribution in [2.75, 3.05) is 23.4 Å². The highest BCUT2D eigenvalue weighted by Crippen LogP contribution is 2.28. The Morgan fingerprint density at radius 2 is 1.84 bits per heavy atom. The number of benzene rings is 2. The number of hydrogen-bond acceptors (Lipinski definition) is 4. The topological polar surface area (TPSA) is 79.0 Å². The highest BCUT2D eigenvalue weighted by molar-refractivity contribution is 6.22. The van der Waals surface area contributed by atoms with Gasteiger partial charge in [-0.25, -0.2) is 9.69 Å². The van der Waals surface area contributed by atoms with Gasteiger partial charge < -0.3 is 15.0 Å². The predicted octanol–water partition coefficient (Wildman–Crippen LogP) is 4.22. The van der Waals surface area contributed by atoms with Gasteiger partial charge in [-0.05, 0) is 61.7 Å². The van der Waals surface area contributed by atoms with E-state index in [0.29, 0.717) is 30.3 Å². The first-order valence-electron chi connectivity index (χ1n) is 10.5. The van der Waals surface area contributed by atoms with Crippen LogP contribution in [-0.4, -0.2) is 41.9 Å². The quantitative estimate of drug-likeness (QED) is 0.645. The van der Waals surface area contributed by atoms with Crippen molar-refractivity contribution >= 4 is 29.2 Å². The number of carbonyl (C=O) groups is 3. The van der Waals surface area contributed by atoms with Crippen LogP contribution in [0.15, 0.2) is 48.5 Å². The Labute approximate surface area is 183 Å². The van der Waals surface area contributed by atoms with E-state index in [1.54, 1.807) is 36.4 Å². The van der Waals surface area contributed by atoms with Crippen LogP contribution in [0.5, 0.6) is 5.75 Å². The number of rotatable bonds is 8. The summed E-state index contributed by atoms with van der Waals surface area (Å²) in [4.78, 5) is 41.7. The molecule has 0 saturated carbocycles. The lowest BCUT2D eigenvalue weighted by Gasteiger charge is -2.23. The molecule has 0 spiro atoms. The van der Waals surface area contributed by atoms with Crippen molar-refractivity contribution in [2.45, 2.75) is 40.2 Å². The molecule has 2 aromatic carbocycles. The highest BCUT2D eigenvalue weighted by atomic mass is 16.5. The number of nitrogens with one attached hydrogen (secondary N) is 1. The smallest absolute Gasteiger partial charge is 0.332 e. The number of ether oxygens (including phenoxy) is 1. The molecule has 7 nitrogen and oxygen atoms in total. The molecule has 7 heteroatoms. The lowest BCUT2D eigenvalue weighted by atomic mass is 10.1. The third kappa shape index (κ3) is 5.23. The first-order chi connectivity index (χ1) is 14.8. The summed E-state index contributed by atoms with van der Waals surface area (Å²) in [6, 6.07) is 13.1. The van der Waals surface area contributed by atoms with Crippen molar-refractivity contribution in [1.82, 2.24) is 4.90 Å². The van der Waals surface area contributed by atoms with E-state index in [1.807, 2.05) is 39.8 Å². The van der Waals surface area contributed by atoms with Gasteiger partial charge in [0.2, 0.25) is 5.91 Å². The Bertz CT molecular complexity index is 956. The largest absolute Gasteiger partial charge is 0.494 e. The molecule has 3 rings (SSSR count). The zero-order valence-corrected chi connectivity index (χ0v) is 18.4.